The van der Waals surface area contributed by atoms with Gasteiger partial charge in [-0.25, -0.2) is 4.79 Å². The summed E-state index contributed by atoms with van der Waals surface area (Å²) in [6, 6.07) is 0. The van der Waals surface area contributed by atoms with Crippen LogP contribution in [0.4, 0.5) is 0 Å². The van der Waals surface area contributed by atoms with Gasteiger partial charge in [-0.2, -0.15) is 0 Å². The second-order valence-corrected chi connectivity index (χ2v) is 6.04. The number of piperidine rings is 1. The quantitative estimate of drug-likeness (QED) is 0.616. The van der Waals surface area contributed by atoms with E-state index in [9.17, 15) is 9.90 Å². The molecular formula is C13H25NO3. The van der Waals surface area contributed by atoms with E-state index in [1.165, 1.54) is 6.92 Å². The van der Waals surface area contributed by atoms with Crippen molar-refractivity contribution < 1.29 is 15.0 Å². The number of hydrogen-bond donors (Lipinski definition) is 3. The molecule has 0 aromatic rings. The Morgan fingerprint density at radius 2 is 1.53 bits per heavy atom. The molecule has 1 rings (SSSR count). The van der Waals surface area contributed by atoms with Gasteiger partial charge in [0, 0.05) is 16.7 Å². The lowest BCUT2D eigenvalue weighted by atomic mass is 9.81. The second-order valence-electron chi connectivity index (χ2n) is 6.04. The number of nitrogens with one attached hydrogen (secondary N) is 1. The number of aliphatic hydroxyl groups is 1. The minimum Gasteiger partial charge on any atom is -0.478 e. The van der Waals surface area contributed by atoms with Gasteiger partial charge in [-0.05, 0) is 47.5 Å². The van der Waals surface area contributed by atoms with Gasteiger partial charge < -0.3 is 15.5 Å². The van der Waals surface area contributed by atoms with Crippen molar-refractivity contribution in [3.63, 3.8) is 0 Å². The lowest BCUT2D eigenvalue weighted by Gasteiger charge is -2.44. The number of rotatable bonds is 1. The zero-order valence-corrected chi connectivity index (χ0v) is 11.5. The minimum atomic E-state index is -0.935. The standard InChI is InChI=1S/C9H19NO.C4H6O2/c1-8(2)5-7(11)6-9(3,4)10-8;1-3(2)4(5)6/h7,10-11H,5-6H2,1-4H3;1H2,2H3,(H,5,6). The molecule has 4 heteroatoms. The Hall–Kier alpha value is -0.870. The molecule has 1 aliphatic rings. The normalized spacial score (nSPS) is 22.2. The molecule has 0 radical (unpaired) electrons. The van der Waals surface area contributed by atoms with Crippen LogP contribution >= 0.6 is 0 Å². The van der Waals surface area contributed by atoms with Crippen molar-refractivity contribution in [1.29, 1.82) is 0 Å². The van der Waals surface area contributed by atoms with E-state index < -0.39 is 5.97 Å². The van der Waals surface area contributed by atoms with Gasteiger partial charge in [0.1, 0.15) is 0 Å². The Kier molecular flexibility index (Phi) is 5.36. The summed E-state index contributed by atoms with van der Waals surface area (Å²) in [5.41, 5.74) is 0.345. The Bertz CT molecular complexity index is 267. The van der Waals surface area contributed by atoms with Gasteiger partial charge in [-0.3, -0.25) is 0 Å². The number of carboxylic acids is 1. The number of aliphatic hydroxyl groups excluding tert-OH is 1. The van der Waals surface area contributed by atoms with Crippen LogP contribution < -0.4 is 5.32 Å². The van der Waals surface area contributed by atoms with Crippen LogP contribution in [0.2, 0.25) is 0 Å². The van der Waals surface area contributed by atoms with Crippen molar-refractivity contribution in [2.45, 2.75) is 64.6 Å². The highest BCUT2D eigenvalue weighted by Crippen LogP contribution is 2.27. The van der Waals surface area contributed by atoms with E-state index in [2.05, 4.69) is 39.6 Å². The topological polar surface area (TPSA) is 69.6 Å². The van der Waals surface area contributed by atoms with Crippen LogP contribution in [0, 0.1) is 0 Å². The van der Waals surface area contributed by atoms with E-state index in [4.69, 9.17) is 5.11 Å². The summed E-state index contributed by atoms with van der Waals surface area (Å²) < 4.78 is 0. The number of aliphatic carboxylic acids is 1. The second kappa shape index (κ2) is 5.65. The fraction of sp³-hybridized carbons (Fsp3) is 0.769. The van der Waals surface area contributed by atoms with Gasteiger partial charge in [-0.1, -0.05) is 6.58 Å². The van der Waals surface area contributed by atoms with Crippen molar-refractivity contribution in [2.24, 2.45) is 0 Å². The van der Waals surface area contributed by atoms with E-state index in [1.807, 2.05) is 0 Å². The predicted molar refractivity (Wildman–Crippen MR) is 69.0 cm³/mol. The number of carboxylic acid groups (broad SMARTS) is 1. The smallest absolute Gasteiger partial charge is 0.330 e. The summed E-state index contributed by atoms with van der Waals surface area (Å²) in [7, 11) is 0. The summed E-state index contributed by atoms with van der Waals surface area (Å²) in [4.78, 5) is 9.60. The maximum absolute atomic E-state index is 9.60. The number of carbonyl (C=O) groups is 1. The molecule has 3 N–H and O–H groups in total. The van der Waals surface area contributed by atoms with Crippen molar-refractivity contribution in [3.8, 4) is 0 Å². The first-order chi connectivity index (χ1) is 7.45. The van der Waals surface area contributed by atoms with Gasteiger partial charge in [-0.15, -0.1) is 0 Å². The Labute approximate surface area is 104 Å². The third-order valence-corrected chi connectivity index (χ3v) is 2.53. The minimum absolute atomic E-state index is 0.0845. The van der Waals surface area contributed by atoms with Crippen molar-refractivity contribution in [1.82, 2.24) is 5.32 Å². The molecule has 0 aromatic heterocycles. The van der Waals surface area contributed by atoms with Crippen LogP contribution in [0.5, 0.6) is 0 Å². The van der Waals surface area contributed by atoms with Crippen molar-refractivity contribution in [2.75, 3.05) is 0 Å². The maximum atomic E-state index is 9.60. The highest BCUT2D eigenvalue weighted by molar-refractivity contribution is 5.84. The van der Waals surface area contributed by atoms with Crippen molar-refractivity contribution >= 4 is 5.97 Å². The first-order valence-corrected chi connectivity index (χ1v) is 5.81. The van der Waals surface area contributed by atoms with E-state index in [1.54, 1.807) is 0 Å². The molecule has 0 saturated carbocycles. The summed E-state index contributed by atoms with van der Waals surface area (Å²) in [6.07, 6.45) is 1.58. The fourth-order valence-electron chi connectivity index (χ4n) is 2.27. The van der Waals surface area contributed by atoms with Crippen molar-refractivity contribution in [3.05, 3.63) is 12.2 Å². The summed E-state index contributed by atoms with van der Waals surface area (Å²) in [5, 5.41) is 20.9. The van der Waals surface area contributed by atoms with Crippen LogP contribution in [-0.2, 0) is 4.79 Å². The van der Waals surface area contributed by atoms with E-state index in [-0.39, 0.29) is 22.8 Å². The third kappa shape index (κ3) is 7.13. The van der Waals surface area contributed by atoms with Gasteiger partial charge in [0.25, 0.3) is 0 Å². The molecular weight excluding hydrogens is 218 g/mol. The van der Waals surface area contributed by atoms with Gasteiger partial charge in [0.15, 0.2) is 0 Å². The average Bonchev–Trinajstić information content (AvgIpc) is 1.96. The molecule has 0 spiro atoms. The molecule has 0 aliphatic carbocycles. The highest BCUT2D eigenvalue weighted by atomic mass is 16.4. The van der Waals surface area contributed by atoms with E-state index in [0.29, 0.717) is 0 Å². The first kappa shape index (κ1) is 16.1. The van der Waals surface area contributed by atoms with E-state index >= 15 is 0 Å². The first-order valence-electron chi connectivity index (χ1n) is 5.81. The summed E-state index contributed by atoms with van der Waals surface area (Å²) >= 11 is 0. The van der Waals surface area contributed by atoms with Crippen LogP contribution in [0.25, 0.3) is 0 Å². The molecule has 0 atom stereocenters. The lowest BCUT2D eigenvalue weighted by molar-refractivity contribution is -0.132. The fourth-order valence-corrected chi connectivity index (χ4v) is 2.27. The Morgan fingerprint density at radius 1 is 1.24 bits per heavy atom. The molecule has 1 saturated heterocycles. The molecule has 4 nitrogen and oxygen atoms in total. The van der Waals surface area contributed by atoms with Crippen LogP contribution in [0.1, 0.15) is 47.5 Å². The molecule has 1 aliphatic heterocycles. The molecule has 0 amide bonds. The molecule has 1 fully saturated rings. The van der Waals surface area contributed by atoms with Crippen LogP contribution in [0.3, 0.4) is 0 Å². The molecule has 0 aromatic carbocycles. The average molecular weight is 243 g/mol. The molecule has 17 heavy (non-hydrogen) atoms. The zero-order valence-electron chi connectivity index (χ0n) is 11.5. The number of hydrogen-bond acceptors (Lipinski definition) is 3. The maximum Gasteiger partial charge on any atom is 0.330 e. The SMILES string of the molecule is C=C(C)C(=O)O.CC1(C)CC(O)CC(C)(C)N1. The third-order valence-electron chi connectivity index (χ3n) is 2.53. The molecule has 100 valence electrons. The predicted octanol–water partition coefficient (Wildman–Crippen LogP) is 1.93. The van der Waals surface area contributed by atoms with E-state index in [0.717, 1.165) is 12.8 Å². The molecule has 1 heterocycles. The van der Waals surface area contributed by atoms with Gasteiger partial charge >= 0.3 is 5.97 Å². The monoisotopic (exact) mass is 243 g/mol. The van der Waals surface area contributed by atoms with Gasteiger partial charge in [0.05, 0.1) is 6.10 Å². The molecule has 0 bridgehead atoms. The van der Waals surface area contributed by atoms with Crippen LogP contribution in [-0.4, -0.2) is 33.4 Å². The summed E-state index contributed by atoms with van der Waals surface area (Å²) in [6.45, 7) is 13.1. The molecule has 0 unspecified atom stereocenters. The Balaban J connectivity index is 0.000000366. The van der Waals surface area contributed by atoms with Crippen LogP contribution in [0.15, 0.2) is 12.2 Å². The largest absolute Gasteiger partial charge is 0.478 e. The lowest BCUT2D eigenvalue weighted by Crippen LogP contribution is -2.59. The Morgan fingerprint density at radius 3 is 1.71 bits per heavy atom. The summed E-state index contributed by atoms with van der Waals surface area (Å²) in [5.74, 6) is -0.935. The highest BCUT2D eigenvalue weighted by Gasteiger charge is 2.36. The zero-order chi connectivity index (χ0) is 13.9. The van der Waals surface area contributed by atoms with Gasteiger partial charge in [0.2, 0.25) is 0 Å².